The van der Waals surface area contributed by atoms with Crippen molar-refractivity contribution in [3.8, 4) is 0 Å². The molecule has 0 aliphatic carbocycles. The van der Waals surface area contributed by atoms with Gasteiger partial charge in [-0.05, 0) is 31.5 Å². The van der Waals surface area contributed by atoms with Crippen molar-refractivity contribution in [1.29, 1.82) is 0 Å². The third-order valence-corrected chi connectivity index (χ3v) is 5.25. The zero-order valence-electron chi connectivity index (χ0n) is 16.1. The van der Waals surface area contributed by atoms with Gasteiger partial charge in [-0.3, -0.25) is 9.69 Å². The second kappa shape index (κ2) is 8.86. The topological polar surface area (TPSA) is 96.7 Å². The molecule has 10 heteroatoms. The summed E-state index contributed by atoms with van der Waals surface area (Å²) in [7, 11) is 1.54. The second-order valence-electron chi connectivity index (χ2n) is 6.48. The molecular weight excluding hydrogens is 419 g/mol. The van der Waals surface area contributed by atoms with Gasteiger partial charge in [-0.15, -0.1) is 0 Å². The number of aryl methyl sites for hydroxylation is 1. The zero-order valence-corrected chi connectivity index (χ0v) is 17.6. The van der Waals surface area contributed by atoms with Gasteiger partial charge >= 0.3 is 6.03 Å². The van der Waals surface area contributed by atoms with Gasteiger partial charge in [-0.1, -0.05) is 34.4 Å². The standard InChI is InChI=1S/C19H20Cl2N4O4/c1-10-8-15(24-29-10)22-18(26)16-11(2)25(6-7-28-3)19(27)23-17(16)12-4-5-13(20)14(21)9-12/h4-5,8-9,17H,6-7H2,1-3H3,(H,23,27)(H,22,24,26)/t17-/m0/s1. The van der Waals surface area contributed by atoms with E-state index >= 15 is 0 Å². The SMILES string of the molecule is COCCN1C(=O)N[C@@H](c2ccc(Cl)c(Cl)c2)C(C(=O)Nc2cc(C)on2)=C1C. The molecule has 8 nitrogen and oxygen atoms in total. The first kappa shape index (κ1) is 21.2. The van der Waals surface area contributed by atoms with Gasteiger partial charge < -0.3 is 19.9 Å². The van der Waals surface area contributed by atoms with Gasteiger partial charge in [0.25, 0.3) is 5.91 Å². The molecular formula is C19H20Cl2N4O4. The molecule has 2 N–H and O–H groups in total. The van der Waals surface area contributed by atoms with Crippen molar-refractivity contribution in [1.82, 2.24) is 15.4 Å². The van der Waals surface area contributed by atoms with Crippen LogP contribution in [-0.4, -0.2) is 42.3 Å². The summed E-state index contributed by atoms with van der Waals surface area (Å²) in [4.78, 5) is 27.3. The first-order valence-electron chi connectivity index (χ1n) is 8.79. The number of urea groups is 1. The fourth-order valence-corrected chi connectivity index (χ4v) is 3.38. The fourth-order valence-electron chi connectivity index (χ4n) is 3.08. The van der Waals surface area contributed by atoms with Gasteiger partial charge in [-0.2, -0.15) is 0 Å². The summed E-state index contributed by atoms with van der Waals surface area (Å²) in [6, 6.07) is 5.50. The summed E-state index contributed by atoms with van der Waals surface area (Å²) in [5.74, 6) is 0.418. The number of anilines is 1. The quantitative estimate of drug-likeness (QED) is 0.712. The molecule has 3 amide bonds. The molecule has 0 unspecified atom stereocenters. The lowest BCUT2D eigenvalue weighted by molar-refractivity contribution is -0.113. The molecule has 1 aliphatic rings. The van der Waals surface area contributed by atoms with Gasteiger partial charge in [0.05, 0.1) is 34.8 Å². The Balaban J connectivity index is 2.02. The van der Waals surface area contributed by atoms with Crippen molar-refractivity contribution in [2.45, 2.75) is 19.9 Å². The first-order valence-corrected chi connectivity index (χ1v) is 9.54. The lowest BCUT2D eigenvalue weighted by Gasteiger charge is -2.35. The van der Waals surface area contributed by atoms with Crippen LogP contribution < -0.4 is 10.6 Å². The average molecular weight is 439 g/mol. The number of rotatable bonds is 6. The maximum atomic E-state index is 13.1. The Morgan fingerprint density at radius 1 is 1.31 bits per heavy atom. The molecule has 2 aromatic rings. The van der Waals surface area contributed by atoms with Crippen LogP contribution in [0.5, 0.6) is 0 Å². The number of nitrogens with zero attached hydrogens (tertiary/aromatic N) is 2. The average Bonchev–Trinajstić information content (AvgIpc) is 3.07. The Bertz CT molecular complexity index is 973. The normalized spacial score (nSPS) is 16.8. The number of allylic oxidation sites excluding steroid dienone is 1. The Hall–Kier alpha value is -2.55. The minimum Gasteiger partial charge on any atom is -0.383 e. The molecule has 1 aromatic carbocycles. The lowest BCUT2D eigenvalue weighted by Crippen LogP contribution is -2.49. The second-order valence-corrected chi connectivity index (χ2v) is 7.29. The van der Waals surface area contributed by atoms with Crippen LogP contribution in [0.15, 0.2) is 40.1 Å². The van der Waals surface area contributed by atoms with Crippen molar-refractivity contribution in [3.05, 3.63) is 56.9 Å². The maximum Gasteiger partial charge on any atom is 0.322 e. The molecule has 0 radical (unpaired) electrons. The van der Waals surface area contributed by atoms with E-state index in [-0.39, 0.29) is 11.8 Å². The molecule has 1 aliphatic heterocycles. The molecule has 29 heavy (non-hydrogen) atoms. The van der Waals surface area contributed by atoms with E-state index in [0.717, 1.165) is 0 Å². The van der Waals surface area contributed by atoms with Gasteiger partial charge in [0.15, 0.2) is 5.82 Å². The highest BCUT2D eigenvalue weighted by Crippen LogP contribution is 2.34. The minimum atomic E-state index is -0.718. The predicted molar refractivity (Wildman–Crippen MR) is 109 cm³/mol. The van der Waals surface area contributed by atoms with E-state index in [9.17, 15) is 9.59 Å². The number of halogens is 2. The van der Waals surface area contributed by atoms with Crippen molar-refractivity contribution in [2.24, 2.45) is 0 Å². The molecule has 1 atom stereocenters. The molecule has 0 saturated carbocycles. The third kappa shape index (κ3) is 4.55. The van der Waals surface area contributed by atoms with Crippen LogP contribution in [0, 0.1) is 6.92 Å². The third-order valence-electron chi connectivity index (χ3n) is 4.51. The molecule has 154 valence electrons. The highest BCUT2D eigenvalue weighted by Gasteiger charge is 2.36. The highest BCUT2D eigenvalue weighted by molar-refractivity contribution is 6.42. The van der Waals surface area contributed by atoms with Crippen LogP contribution in [-0.2, 0) is 9.53 Å². The maximum absolute atomic E-state index is 13.1. The number of amides is 3. The van der Waals surface area contributed by atoms with E-state index in [1.807, 2.05) is 0 Å². The van der Waals surface area contributed by atoms with E-state index in [4.69, 9.17) is 32.5 Å². The highest BCUT2D eigenvalue weighted by atomic mass is 35.5. The summed E-state index contributed by atoms with van der Waals surface area (Å²) in [5, 5.41) is 10.1. The zero-order chi connectivity index (χ0) is 21.1. The number of hydrogen-bond acceptors (Lipinski definition) is 5. The Kier molecular flexibility index (Phi) is 6.46. The van der Waals surface area contributed by atoms with Crippen LogP contribution in [0.3, 0.4) is 0 Å². The number of ether oxygens (including phenoxy) is 1. The number of carbonyl (C=O) groups excluding carboxylic acids is 2. The lowest BCUT2D eigenvalue weighted by atomic mass is 9.94. The van der Waals surface area contributed by atoms with Crippen LogP contribution >= 0.6 is 23.2 Å². The van der Waals surface area contributed by atoms with E-state index < -0.39 is 11.9 Å². The summed E-state index contributed by atoms with van der Waals surface area (Å²) < 4.78 is 10.1. The summed E-state index contributed by atoms with van der Waals surface area (Å²) >= 11 is 12.2. The van der Waals surface area contributed by atoms with E-state index in [0.29, 0.717) is 45.8 Å². The summed E-state index contributed by atoms with van der Waals surface area (Å²) in [6.45, 7) is 4.04. The molecule has 0 bridgehead atoms. The van der Waals surface area contributed by atoms with E-state index in [1.165, 1.54) is 4.90 Å². The Morgan fingerprint density at radius 3 is 2.69 bits per heavy atom. The molecule has 3 rings (SSSR count). The van der Waals surface area contributed by atoms with Crippen molar-refractivity contribution < 1.29 is 18.8 Å². The van der Waals surface area contributed by atoms with Crippen molar-refractivity contribution >= 4 is 41.0 Å². The van der Waals surface area contributed by atoms with Crippen LogP contribution in [0.2, 0.25) is 10.0 Å². The van der Waals surface area contributed by atoms with Gasteiger partial charge in [0.2, 0.25) is 0 Å². The van der Waals surface area contributed by atoms with Gasteiger partial charge in [-0.25, -0.2) is 4.79 Å². The number of aromatic nitrogens is 1. The smallest absolute Gasteiger partial charge is 0.322 e. The Labute approximate surface area is 177 Å². The molecule has 2 heterocycles. The number of methoxy groups -OCH3 is 1. The fraction of sp³-hybridized carbons (Fsp3) is 0.316. The minimum absolute atomic E-state index is 0.279. The van der Waals surface area contributed by atoms with Gasteiger partial charge in [0.1, 0.15) is 5.76 Å². The number of nitrogens with one attached hydrogen (secondary N) is 2. The van der Waals surface area contributed by atoms with Crippen molar-refractivity contribution in [2.75, 3.05) is 25.6 Å². The molecule has 1 aromatic heterocycles. The number of carbonyl (C=O) groups is 2. The Morgan fingerprint density at radius 2 is 2.07 bits per heavy atom. The first-order chi connectivity index (χ1) is 13.8. The summed E-state index contributed by atoms with van der Waals surface area (Å²) in [6.07, 6.45) is 0. The summed E-state index contributed by atoms with van der Waals surface area (Å²) in [5.41, 5.74) is 1.47. The van der Waals surface area contributed by atoms with Crippen LogP contribution in [0.25, 0.3) is 0 Å². The van der Waals surface area contributed by atoms with E-state index in [2.05, 4.69) is 15.8 Å². The van der Waals surface area contributed by atoms with Crippen LogP contribution in [0.4, 0.5) is 10.6 Å². The van der Waals surface area contributed by atoms with Crippen molar-refractivity contribution in [3.63, 3.8) is 0 Å². The van der Waals surface area contributed by atoms with Crippen LogP contribution in [0.1, 0.15) is 24.3 Å². The number of hydrogen-bond donors (Lipinski definition) is 2. The predicted octanol–water partition coefficient (Wildman–Crippen LogP) is 3.92. The number of benzene rings is 1. The van der Waals surface area contributed by atoms with E-state index in [1.54, 1.807) is 45.2 Å². The largest absolute Gasteiger partial charge is 0.383 e. The van der Waals surface area contributed by atoms with Gasteiger partial charge in [0, 0.05) is 18.9 Å². The monoisotopic (exact) mass is 438 g/mol. The molecule has 0 fully saturated rings. The molecule has 0 saturated heterocycles. The molecule has 0 spiro atoms.